The molecule has 34 heavy (non-hydrogen) atoms. The Morgan fingerprint density at radius 2 is 1.85 bits per heavy atom. The molecule has 6 atom stereocenters. The number of piperidine rings is 1. The van der Waals surface area contributed by atoms with E-state index in [0.717, 1.165) is 30.5 Å². The van der Waals surface area contributed by atoms with Crippen LogP contribution in [0, 0.1) is 29.1 Å². The van der Waals surface area contributed by atoms with Gasteiger partial charge in [0.05, 0.1) is 18.1 Å². The van der Waals surface area contributed by atoms with Crippen LogP contribution in [0.15, 0.2) is 35.5 Å². The van der Waals surface area contributed by atoms with Crippen LogP contribution >= 0.6 is 0 Å². The molecule has 1 saturated heterocycles. The van der Waals surface area contributed by atoms with Gasteiger partial charge in [0, 0.05) is 13.0 Å². The highest BCUT2D eigenvalue weighted by molar-refractivity contribution is 5.38. The number of hydrogen-bond donors (Lipinski definition) is 2. The number of fused-ring (bicyclic) bond motifs is 1. The summed E-state index contributed by atoms with van der Waals surface area (Å²) in [6.45, 7) is 10.8. The minimum Gasteiger partial charge on any atom is -0.393 e. The molecule has 0 radical (unpaired) electrons. The fraction of sp³-hybridized carbons (Fsp3) is 0.786. The molecular formula is C28H42F3NO2. The molecule has 0 aromatic heterocycles. The van der Waals surface area contributed by atoms with Crippen LogP contribution in [0.5, 0.6) is 0 Å². The van der Waals surface area contributed by atoms with Gasteiger partial charge < -0.3 is 15.1 Å². The fourth-order valence-electron chi connectivity index (χ4n) is 7.66. The maximum absolute atomic E-state index is 13.0. The summed E-state index contributed by atoms with van der Waals surface area (Å²) in [5.41, 5.74) is 3.39. The second-order valence-corrected chi connectivity index (χ2v) is 11.8. The zero-order chi connectivity index (χ0) is 24.7. The third-order valence-corrected chi connectivity index (χ3v) is 9.59. The van der Waals surface area contributed by atoms with Crippen molar-refractivity contribution in [3.8, 4) is 0 Å². The molecule has 0 amide bonds. The van der Waals surface area contributed by atoms with Gasteiger partial charge in [-0.15, -0.1) is 0 Å². The minimum absolute atomic E-state index is 0.231. The van der Waals surface area contributed by atoms with Crippen molar-refractivity contribution in [3.63, 3.8) is 0 Å². The molecule has 3 nitrogen and oxygen atoms in total. The van der Waals surface area contributed by atoms with Crippen LogP contribution < -0.4 is 0 Å². The van der Waals surface area contributed by atoms with Gasteiger partial charge in [-0.05, 0) is 98.8 Å². The molecule has 2 unspecified atom stereocenters. The van der Waals surface area contributed by atoms with E-state index >= 15 is 0 Å². The van der Waals surface area contributed by atoms with Crippen molar-refractivity contribution in [2.75, 3.05) is 19.6 Å². The van der Waals surface area contributed by atoms with Crippen LogP contribution in [0.25, 0.3) is 0 Å². The predicted molar refractivity (Wildman–Crippen MR) is 129 cm³/mol. The number of alkyl halides is 3. The Morgan fingerprint density at radius 3 is 2.53 bits per heavy atom. The van der Waals surface area contributed by atoms with E-state index in [1.807, 2.05) is 0 Å². The lowest BCUT2D eigenvalue weighted by Crippen LogP contribution is -2.44. The van der Waals surface area contributed by atoms with Crippen LogP contribution in [0.1, 0.15) is 71.6 Å². The van der Waals surface area contributed by atoms with E-state index in [4.69, 9.17) is 0 Å². The van der Waals surface area contributed by atoms with E-state index < -0.39 is 24.3 Å². The predicted octanol–water partition coefficient (Wildman–Crippen LogP) is 6.04. The van der Waals surface area contributed by atoms with Crippen molar-refractivity contribution in [1.82, 2.24) is 4.90 Å². The van der Waals surface area contributed by atoms with E-state index in [1.165, 1.54) is 24.8 Å². The van der Waals surface area contributed by atoms with Crippen LogP contribution in [-0.4, -0.2) is 53.1 Å². The van der Waals surface area contributed by atoms with Crippen molar-refractivity contribution >= 4 is 0 Å². The number of likely N-dealkylation sites (tertiary alicyclic amines) is 1. The number of rotatable bonds is 4. The van der Waals surface area contributed by atoms with E-state index in [1.54, 1.807) is 0 Å². The van der Waals surface area contributed by atoms with Gasteiger partial charge in [0.2, 0.25) is 0 Å². The van der Waals surface area contributed by atoms with Gasteiger partial charge >= 0.3 is 6.18 Å². The fourth-order valence-corrected chi connectivity index (χ4v) is 7.66. The minimum atomic E-state index is -4.05. The summed E-state index contributed by atoms with van der Waals surface area (Å²) in [7, 11) is 0. The maximum atomic E-state index is 13.0. The molecule has 3 saturated carbocycles. The van der Waals surface area contributed by atoms with Gasteiger partial charge in [0.25, 0.3) is 0 Å². The zero-order valence-electron chi connectivity index (χ0n) is 20.8. The molecular weight excluding hydrogens is 439 g/mol. The van der Waals surface area contributed by atoms with E-state index in [-0.39, 0.29) is 18.3 Å². The maximum Gasteiger partial charge on any atom is 0.391 e. The molecule has 0 aromatic carbocycles. The number of aliphatic hydroxyl groups is 2. The second-order valence-electron chi connectivity index (χ2n) is 11.8. The van der Waals surface area contributed by atoms with Crippen molar-refractivity contribution in [1.29, 1.82) is 0 Å². The standard InChI is InChI=1S/C28H42F3NO2/c1-18(17-32-13-10-22(11-14-32)28(29,30)31)24-8-9-25-20(5-4-12-27(24,25)3)6-7-21-15-23(33)16-26(34)19(21)2/h6-7,18,22-26,33-34H,2,4-5,8-17H2,1,3H3/b20-6+,21-7+/t18-,23?,24-,25+,26?,27-/m1/s1. The van der Waals surface area contributed by atoms with Gasteiger partial charge in [0.15, 0.2) is 0 Å². The topological polar surface area (TPSA) is 43.7 Å². The first-order valence-corrected chi connectivity index (χ1v) is 13.2. The largest absolute Gasteiger partial charge is 0.393 e. The summed E-state index contributed by atoms with van der Waals surface area (Å²) < 4.78 is 39.1. The Labute approximate surface area is 202 Å². The number of nitrogens with zero attached hydrogens (tertiary/aromatic N) is 1. The quantitative estimate of drug-likeness (QED) is 0.515. The second kappa shape index (κ2) is 10.1. The van der Waals surface area contributed by atoms with Crippen molar-refractivity contribution < 1.29 is 23.4 Å². The van der Waals surface area contributed by atoms with E-state index in [0.29, 0.717) is 43.7 Å². The Balaban J connectivity index is 1.41. The van der Waals surface area contributed by atoms with Crippen molar-refractivity contribution in [2.45, 2.75) is 90.0 Å². The highest BCUT2D eigenvalue weighted by Crippen LogP contribution is 2.59. The number of allylic oxidation sites excluding steroid dienone is 3. The highest BCUT2D eigenvalue weighted by atomic mass is 19.4. The van der Waals surface area contributed by atoms with Crippen LogP contribution in [-0.2, 0) is 0 Å². The highest BCUT2D eigenvalue weighted by Gasteiger charge is 2.51. The average Bonchev–Trinajstić information content (AvgIpc) is 3.12. The smallest absolute Gasteiger partial charge is 0.391 e. The molecule has 0 bridgehead atoms. The van der Waals surface area contributed by atoms with Gasteiger partial charge in [-0.1, -0.05) is 38.2 Å². The Morgan fingerprint density at radius 1 is 1.15 bits per heavy atom. The number of aliphatic hydroxyl groups excluding tert-OH is 2. The summed E-state index contributed by atoms with van der Waals surface area (Å²) in [4.78, 5) is 2.26. The lowest BCUT2D eigenvalue weighted by molar-refractivity contribution is -0.185. The summed E-state index contributed by atoms with van der Waals surface area (Å²) in [6.07, 6.45) is 6.28. The van der Waals surface area contributed by atoms with Crippen molar-refractivity contribution in [3.05, 3.63) is 35.5 Å². The molecule has 6 heteroatoms. The summed E-state index contributed by atoms with van der Waals surface area (Å²) in [5.74, 6) is 0.462. The van der Waals surface area contributed by atoms with E-state index in [9.17, 15) is 23.4 Å². The van der Waals surface area contributed by atoms with E-state index in [2.05, 4.69) is 37.5 Å². The molecule has 1 heterocycles. The first-order chi connectivity index (χ1) is 16.0. The first kappa shape index (κ1) is 26.0. The lowest BCUT2D eigenvalue weighted by atomic mass is 9.61. The third-order valence-electron chi connectivity index (χ3n) is 9.59. The molecule has 1 aliphatic heterocycles. The van der Waals surface area contributed by atoms with Crippen LogP contribution in [0.4, 0.5) is 13.2 Å². The Hall–Kier alpha value is -1.11. The average molecular weight is 482 g/mol. The van der Waals surface area contributed by atoms with Crippen LogP contribution in [0.3, 0.4) is 0 Å². The Kier molecular flexibility index (Phi) is 7.71. The SMILES string of the molecule is C=C1/C(=C/C=C2\CCC[C@]3(C)[C@@H]([C@H](C)CN4CCC(C(F)(F)F)CC4)CC[C@@H]23)CC(O)CC1O. The third kappa shape index (κ3) is 5.34. The zero-order valence-corrected chi connectivity index (χ0v) is 20.8. The van der Waals surface area contributed by atoms with Gasteiger partial charge in [-0.25, -0.2) is 0 Å². The first-order valence-electron chi connectivity index (χ1n) is 13.2. The molecule has 192 valence electrons. The molecule has 2 N–H and O–H groups in total. The normalized spacial score (nSPS) is 39.6. The van der Waals surface area contributed by atoms with Crippen LogP contribution in [0.2, 0.25) is 0 Å². The molecule has 4 rings (SSSR count). The lowest BCUT2D eigenvalue weighted by Gasteiger charge is -2.45. The summed E-state index contributed by atoms with van der Waals surface area (Å²) in [6, 6.07) is 0. The van der Waals surface area contributed by atoms with Gasteiger partial charge in [0.1, 0.15) is 0 Å². The Bertz CT molecular complexity index is 811. The summed E-state index contributed by atoms with van der Waals surface area (Å²) >= 11 is 0. The molecule has 3 aliphatic carbocycles. The molecule has 0 aromatic rings. The molecule has 4 fully saturated rings. The van der Waals surface area contributed by atoms with Crippen molar-refractivity contribution in [2.24, 2.45) is 29.1 Å². The molecule has 0 spiro atoms. The molecule has 4 aliphatic rings. The van der Waals surface area contributed by atoms with Gasteiger partial charge in [-0.3, -0.25) is 0 Å². The number of hydrogen-bond acceptors (Lipinski definition) is 3. The monoisotopic (exact) mass is 481 g/mol. The van der Waals surface area contributed by atoms with Gasteiger partial charge in [-0.2, -0.15) is 13.2 Å². The number of halogens is 3. The summed E-state index contributed by atoms with van der Waals surface area (Å²) in [5, 5.41) is 20.2.